The van der Waals surface area contributed by atoms with Gasteiger partial charge in [0.2, 0.25) is 0 Å². The van der Waals surface area contributed by atoms with Gasteiger partial charge >= 0.3 is 6.09 Å². The van der Waals surface area contributed by atoms with Crippen LogP contribution in [0.1, 0.15) is 24.8 Å². The monoisotopic (exact) mass is 261 g/mol. The molecule has 1 amide bonds. The minimum absolute atomic E-state index is 0.260. The van der Waals surface area contributed by atoms with Crippen molar-refractivity contribution >= 4 is 6.09 Å². The smallest absolute Gasteiger partial charge is 0.407 e. The van der Waals surface area contributed by atoms with Gasteiger partial charge in [-0.2, -0.15) is 0 Å². The van der Waals surface area contributed by atoms with Gasteiger partial charge in [0, 0.05) is 31.9 Å². The molecule has 0 unspecified atom stereocenters. The molecule has 3 rings (SSSR count). The number of aromatic nitrogens is 1. The summed E-state index contributed by atoms with van der Waals surface area (Å²) in [5.41, 5.74) is 1.02. The van der Waals surface area contributed by atoms with Gasteiger partial charge < -0.3 is 10.1 Å². The highest BCUT2D eigenvalue weighted by Gasteiger charge is 2.41. The first kappa shape index (κ1) is 12.4. The van der Waals surface area contributed by atoms with Crippen LogP contribution in [0.15, 0.2) is 24.5 Å². The number of hydrogen-bond donors (Lipinski definition) is 1. The van der Waals surface area contributed by atoms with Gasteiger partial charge in [-0.15, -0.1) is 0 Å². The summed E-state index contributed by atoms with van der Waals surface area (Å²) < 4.78 is 5.48. The van der Waals surface area contributed by atoms with E-state index in [1.807, 2.05) is 12.4 Å². The van der Waals surface area contributed by atoms with Crippen molar-refractivity contribution in [1.29, 1.82) is 0 Å². The third-order valence-electron chi connectivity index (χ3n) is 4.01. The van der Waals surface area contributed by atoms with Gasteiger partial charge in [-0.25, -0.2) is 4.79 Å². The zero-order chi connectivity index (χ0) is 13.1. The lowest BCUT2D eigenvalue weighted by Gasteiger charge is -2.25. The van der Waals surface area contributed by atoms with Crippen LogP contribution >= 0.6 is 0 Å². The van der Waals surface area contributed by atoms with Gasteiger partial charge in [0.15, 0.2) is 0 Å². The molecule has 1 spiro atoms. The molecule has 0 aromatic carbocycles. The van der Waals surface area contributed by atoms with E-state index in [2.05, 4.69) is 27.3 Å². The zero-order valence-corrected chi connectivity index (χ0v) is 11.0. The molecular formula is C14H19N3O2. The second-order valence-electron chi connectivity index (χ2n) is 5.41. The van der Waals surface area contributed by atoms with E-state index < -0.39 is 0 Å². The molecule has 2 aliphatic heterocycles. The normalized spacial score (nSPS) is 27.9. The first-order chi connectivity index (χ1) is 9.26. The highest BCUT2D eigenvalue weighted by Crippen LogP contribution is 2.29. The Labute approximate surface area is 113 Å². The van der Waals surface area contributed by atoms with Crippen LogP contribution in [0.2, 0.25) is 0 Å². The third-order valence-corrected chi connectivity index (χ3v) is 4.01. The van der Waals surface area contributed by atoms with E-state index in [0.29, 0.717) is 6.54 Å². The lowest BCUT2D eigenvalue weighted by Crippen LogP contribution is -2.34. The van der Waals surface area contributed by atoms with Crippen LogP contribution < -0.4 is 5.32 Å². The Kier molecular flexibility index (Phi) is 3.38. The summed E-state index contributed by atoms with van der Waals surface area (Å²) in [6, 6.07) is 4.11. The van der Waals surface area contributed by atoms with Gasteiger partial charge in [-0.1, -0.05) is 0 Å². The van der Waals surface area contributed by atoms with Crippen molar-refractivity contribution in [3.8, 4) is 0 Å². The van der Waals surface area contributed by atoms with Crippen LogP contribution in [0.5, 0.6) is 0 Å². The van der Waals surface area contributed by atoms with E-state index in [1.54, 1.807) is 0 Å². The maximum absolute atomic E-state index is 11.2. The van der Waals surface area contributed by atoms with Crippen molar-refractivity contribution < 1.29 is 9.53 Å². The topological polar surface area (TPSA) is 54.5 Å². The highest BCUT2D eigenvalue weighted by atomic mass is 16.6. The number of amides is 1. The van der Waals surface area contributed by atoms with Crippen molar-refractivity contribution in [1.82, 2.24) is 15.2 Å². The average molecular weight is 261 g/mol. The number of alkyl carbamates (subject to hydrolysis) is 1. The second-order valence-corrected chi connectivity index (χ2v) is 5.41. The van der Waals surface area contributed by atoms with Gasteiger partial charge in [0.05, 0.1) is 6.54 Å². The van der Waals surface area contributed by atoms with E-state index in [1.165, 1.54) is 5.56 Å². The number of ether oxygens (including phenoxy) is 1. The van der Waals surface area contributed by atoms with E-state index in [0.717, 1.165) is 38.9 Å². The molecule has 1 atom stereocenters. The van der Waals surface area contributed by atoms with Crippen molar-refractivity contribution in [2.75, 3.05) is 19.6 Å². The summed E-state index contributed by atoms with van der Waals surface area (Å²) in [5.74, 6) is 0. The maximum Gasteiger partial charge on any atom is 0.407 e. The molecule has 2 fully saturated rings. The zero-order valence-electron chi connectivity index (χ0n) is 11.0. The minimum Gasteiger partial charge on any atom is -0.441 e. The molecule has 0 bridgehead atoms. The van der Waals surface area contributed by atoms with Crippen LogP contribution in [0, 0.1) is 0 Å². The lowest BCUT2D eigenvalue weighted by molar-refractivity contribution is 0.0443. The predicted molar refractivity (Wildman–Crippen MR) is 70.6 cm³/mol. The number of nitrogens with one attached hydrogen (secondary N) is 1. The van der Waals surface area contributed by atoms with E-state index >= 15 is 0 Å². The van der Waals surface area contributed by atoms with Crippen LogP contribution in [0.3, 0.4) is 0 Å². The molecule has 2 saturated heterocycles. The molecule has 1 aromatic rings. The number of nitrogens with zero attached hydrogens (tertiary/aromatic N) is 2. The van der Waals surface area contributed by atoms with Crippen LogP contribution in [0.25, 0.3) is 0 Å². The van der Waals surface area contributed by atoms with Gasteiger partial charge in [0.25, 0.3) is 0 Å². The van der Waals surface area contributed by atoms with Crippen molar-refractivity contribution in [3.05, 3.63) is 30.1 Å². The molecule has 5 heteroatoms. The van der Waals surface area contributed by atoms with E-state index in [9.17, 15) is 4.79 Å². The number of pyridine rings is 1. The summed E-state index contributed by atoms with van der Waals surface area (Å²) in [6.45, 7) is 3.63. The largest absolute Gasteiger partial charge is 0.441 e. The first-order valence-corrected chi connectivity index (χ1v) is 6.84. The average Bonchev–Trinajstić information content (AvgIpc) is 2.67. The SMILES string of the molecule is O=C1NC[C@@]2(CCCN(Cc3ccncc3)CC2)O1. The minimum atomic E-state index is -0.261. The lowest BCUT2D eigenvalue weighted by atomic mass is 9.95. The van der Waals surface area contributed by atoms with Crippen molar-refractivity contribution in [2.24, 2.45) is 0 Å². The fraction of sp³-hybridized carbons (Fsp3) is 0.571. The number of rotatable bonds is 2. The Morgan fingerprint density at radius 3 is 2.89 bits per heavy atom. The standard InChI is InChI=1S/C14H19N3O2/c18-13-16-11-14(19-13)4-1-8-17(9-5-14)10-12-2-6-15-7-3-12/h2-3,6-7H,1,4-5,8-11H2,(H,16,18)/t14-/m0/s1. The van der Waals surface area contributed by atoms with E-state index in [-0.39, 0.29) is 11.7 Å². The Morgan fingerprint density at radius 2 is 2.16 bits per heavy atom. The molecule has 3 heterocycles. The van der Waals surface area contributed by atoms with Crippen molar-refractivity contribution in [2.45, 2.75) is 31.4 Å². The number of hydrogen-bond acceptors (Lipinski definition) is 4. The molecule has 1 aromatic heterocycles. The van der Waals surface area contributed by atoms with Crippen LogP contribution in [0.4, 0.5) is 4.79 Å². The van der Waals surface area contributed by atoms with Gasteiger partial charge in [0.1, 0.15) is 5.60 Å². The molecule has 19 heavy (non-hydrogen) atoms. The molecule has 102 valence electrons. The first-order valence-electron chi connectivity index (χ1n) is 6.84. The second kappa shape index (κ2) is 5.17. The van der Waals surface area contributed by atoms with Crippen LogP contribution in [-0.4, -0.2) is 41.2 Å². The molecule has 0 radical (unpaired) electrons. The summed E-state index contributed by atoms with van der Waals surface area (Å²) >= 11 is 0. The van der Waals surface area contributed by atoms with Crippen LogP contribution in [-0.2, 0) is 11.3 Å². The summed E-state index contributed by atoms with van der Waals surface area (Å²) in [7, 11) is 0. The fourth-order valence-electron chi connectivity index (χ4n) is 2.91. The van der Waals surface area contributed by atoms with Gasteiger partial charge in [-0.05, 0) is 37.1 Å². The molecule has 2 aliphatic rings. The fourth-order valence-corrected chi connectivity index (χ4v) is 2.91. The number of likely N-dealkylation sites (tertiary alicyclic amines) is 1. The Hall–Kier alpha value is -1.62. The van der Waals surface area contributed by atoms with E-state index in [4.69, 9.17) is 4.74 Å². The molecule has 0 aliphatic carbocycles. The quantitative estimate of drug-likeness (QED) is 0.877. The van der Waals surface area contributed by atoms with Crippen molar-refractivity contribution in [3.63, 3.8) is 0 Å². The Bertz CT molecular complexity index is 451. The predicted octanol–water partition coefficient (Wildman–Crippen LogP) is 1.55. The third kappa shape index (κ3) is 2.87. The molecule has 5 nitrogen and oxygen atoms in total. The summed E-state index contributed by atoms with van der Waals surface area (Å²) in [5, 5.41) is 2.78. The van der Waals surface area contributed by atoms with Gasteiger partial charge in [-0.3, -0.25) is 9.88 Å². The number of carbonyl (C=O) groups excluding carboxylic acids is 1. The summed E-state index contributed by atoms with van der Waals surface area (Å²) in [6.07, 6.45) is 6.34. The Balaban J connectivity index is 1.60. The number of carbonyl (C=O) groups is 1. The summed E-state index contributed by atoms with van der Waals surface area (Å²) in [4.78, 5) is 17.7. The highest BCUT2D eigenvalue weighted by molar-refractivity contribution is 5.70. The Morgan fingerprint density at radius 1 is 1.32 bits per heavy atom. The molecule has 1 N–H and O–H groups in total. The molecule has 0 saturated carbocycles. The molecular weight excluding hydrogens is 242 g/mol. The maximum atomic E-state index is 11.2.